The van der Waals surface area contributed by atoms with Crippen molar-refractivity contribution in [2.24, 2.45) is 0 Å². The van der Waals surface area contributed by atoms with Crippen LogP contribution in [0.4, 0.5) is 0 Å². The Kier molecular flexibility index (Phi) is 69.1. The third kappa shape index (κ3) is 30.1. The molecule has 0 bridgehead atoms. The van der Waals surface area contributed by atoms with Crippen molar-refractivity contribution in [2.75, 3.05) is 0 Å². The minimum Gasteiger partial charge on any atom is -0.547 e. The van der Waals surface area contributed by atoms with Crippen LogP contribution in [0.1, 0.15) is 0 Å². The molecule has 0 aliphatic rings. The van der Waals surface area contributed by atoms with Gasteiger partial charge in [-0.25, -0.2) is 0 Å². The summed E-state index contributed by atoms with van der Waals surface area (Å²) in [7, 11) is 0. The van der Waals surface area contributed by atoms with Crippen LogP contribution in [-0.4, -0.2) is 85.1 Å². The van der Waals surface area contributed by atoms with Gasteiger partial charge in [0.2, 0.25) is 0 Å². The summed E-state index contributed by atoms with van der Waals surface area (Å²) in [4.78, 5) is 38.5. The molecule has 0 heterocycles. The third-order valence-corrected chi connectivity index (χ3v) is 1.56. The van der Waals surface area contributed by atoms with Gasteiger partial charge in [0.25, 0.3) is 0 Å². The van der Waals surface area contributed by atoms with Gasteiger partial charge in [-0.05, 0) is 0 Å². The first-order chi connectivity index (χ1) is 8.93. The van der Waals surface area contributed by atoms with Gasteiger partial charge < -0.3 is 76.5 Å². The van der Waals surface area contributed by atoms with Crippen LogP contribution < -0.4 is 226 Å². The Hall–Kier alpha value is 4.15. The SMILES string of the molecule is O.O.O.O=C([O-])C(O)C(O)C(=O)[O-].O=C([O-])C(O)C(O)C(=O)[O-].[K+].[K+].[K+].[K+]. The van der Waals surface area contributed by atoms with Gasteiger partial charge >= 0.3 is 206 Å². The van der Waals surface area contributed by atoms with Gasteiger partial charge in [0.1, 0.15) is 24.4 Å². The topological polar surface area (TPSA) is 336 Å². The fourth-order valence-corrected chi connectivity index (χ4v) is 0.516. The fraction of sp³-hybridized carbons (Fsp3) is 0.500. The second kappa shape index (κ2) is 32.3. The molecule has 0 saturated carbocycles. The van der Waals surface area contributed by atoms with E-state index in [1.54, 1.807) is 0 Å². The number of carboxylic acids is 4. The molecule has 27 heavy (non-hydrogen) atoms. The first-order valence-electron chi connectivity index (χ1n) is 4.49. The molecule has 4 atom stereocenters. The van der Waals surface area contributed by atoms with E-state index in [9.17, 15) is 39.6 Å². The summed E-state index contributed by atoms with van der Waals surface area (Å²) in [6.45, 7) is 0. The molecule has 0 amide bonds. The summed E-state index contributed by atoms with van der Waals surface area (Å²) in [6.07, 6.45) is -9.76. The van der Waals surface area contributed by atoms with Crippen LogP contribution >= 0.6 is 0 Å². The molecule has 10 N–H and O–H groups in total. The molecule has 4 unspecified atom stereocenters. The molecule has 140 valence electrons. The van der Waals surface area contributed by atoms with E-state index in [1.807, 2.05) is 0 Å². The Morgan fingerprint density at radius 3 is 0.556 bits per heavy atom. The number of carboxylic acid groups (broad SMARTS) is 4. The Morgan fingerprint density at radius 2 is 0.519 bits per heavy atom. The molecule has 0 spiro atoms. The van der Waals surface area contributed by atoms with E-state index in [0.717, 1.165) is 0 Å². The van der Waals surface area contributed by atoms with E-state index in [4.69, 9.17) is 20.4 Å². The van der Waals surface area contributed by atoms with Crippen molar-refractivity contribution >= 4 is 23.9 Å². The maximum Gasteiger partial charge on any atom is 1.00 e. The van der Waals surface area contributed by atoms with E-state index < -0.39 is 48.3 Å². The number of aliphatic hydroxyl groups is 4. The molecule has 19 heteroatoms. The molecular weight excluding hydrogens is 492 g/mol. The molecule has 0 aliphatic heterocycles. The minimum atomic E-state index is -2.44. The van der Waals surface area contributed by atoms with E-state index in [-0.39, 0.29) is 222 Å². The zero-order valence-corrected chi connectivity index (χ0v) is 27.4. The molecule has 0 aromatic rings. The molecule has 15 nitrogen and oxygen atoms in total. The fourth-order valence-electron chi connectivity index (χ4n) is 0.516. The number of carbonyl (C=O) groups is 4. The van der Waals surface area contributed by atoms with E-state index in [0.29, 0.717) is 0 Å². The third-order valence-electron chi connectivity index (χ3n) is 1.56. The standard InChI is InChI=1S/2C4H6O6.4K.3H2O/c2*5-1(3(7)8)2(6)4(9)10;;;;;;;/h2*1-2,5-6H,(H,7,8)(H,9,10);;;;;3*1H2/q;;4*+1;;;/p-4. The second-order valence-corrected chi connectivity index (χ2v) is 3.06. The maximum atomic E-state index is 9.63. The van der Waals surface area contributed by atoms with Gasteiger partial charge in [-0.15, -0.1) is 0 Å². The Balaban J connectivity index is -0.0000000272. The van der Waals surface area contributed by atoms with Crippen molar-refractivity contribution in [3.05, 3.63) is 0 Å². The summed E-state index contributed by atoms with van der Waals surface area (Å²) in [5.41, 5.74) is 0. The first kappa shape index (κ1) is 57.7. The zero-order chi connectivity index (χ0) is 16.6. The van der Waals surface area contributed by atoms with Crippen molar-refractivity contribution < 1.29 is 282 Å². The van der Waals surface area contributed by atoms with Gasteiger partial charge in [0, 0.05) is 0 Å². The van der Waals surface area contributed by atoms with Crippen LogP contribution in [0, 0.1) is 0 Å². The van der Waals surface area contributed by atoms with Gasteiger partial charge in [-0.3, -0.25) is 0 Å². The van der Waals surface area contributed by atoms with Crippen LogP contribution in [0.15, 0.2) is 0 Å². The van der Waals surface area contributed by atoms with Gasteiger partial charge in [-0.2, -0.15) is 0 Å². The van der Waals surface area contributed by atoms with Gasteiger partial charge in [-0.1, -0.05) is 0 Å². The van der Waals surface area contributed by atoms with Crippen LogP contribution in [-0.2, 0) is 19.2 Å². The second-order valence-electron chi connectivity index (χ2n) is 3.06. The predicted octanol–water partition coefficient (Wildman–Crippen LogP) is -24.0. The zero-order valence-electron chi connectivity index (χ0n) is 14.9. The quantitative estimate of drug-likeness (QED) is 0.244. The minimum absolute atomic E-state index is 0. The Bertz CT molecular complexity index is 322. The summed E-state index contributed by atoms with van der Waals surface area (Å²) in [5.74, 6) is -8.23. The molecule has 0 aromatic carbocycles. The molecule has 0 aliphatic carbocycles. The number of aliphatic carboxylic acids is 4. The summed E-state index contributed by atoms with van der Waals surface area (Å²) in [5, 5.41) is 71.5. The van der Waals surface area contributed by atoms with Crippen molar-refractivity contribution in [3.63, 3.8) is 0 Å². The van der Waals surface area contributed by atoms with Gasteiger partial charge in [0.15, 0.2) is 0 Å². The van der Waals surface area contributed by atoms with Crippen molar-refractivity contribution in [2.45, 2.75) is 24.4 Å². The first-order valence-corrected chi connectivity index (χ1v) is 4.49. The van der Waals surface area contributed by atoms with Crippen molar-refractivity contribution in [1.82, 2.24) is 0 Å². The smallest absolute Gasteiger partial charge is 0.547 e. The molecular formula is C8H14K4O15. The molecule has 0 saturated heterocycles. The van der Waals surface area contributed by atoms with E-state index in [1.165, 1.54) is 0 Å². The number of hydrogen-bond acceptors (Lipinski definition) is 12. The Labute approximate surface area is 321 Å². The van der Waals surface area contributed by atoms with Crippen molar-refractivity contribution in [1.29, 1.82) is 0 Å². The number of aliphatic hydroxyl groups excluding tert-OH is 4. The average Bonchev–Trinajstić information content (AvgIpc) is 2.35. The van der Waals surface area contributed by atoms with Crippen LogP contribution in [0.3, 0.4) is 0 Å². The van der Waals surface area contributed by atoms with Crippen LogP contribution in [0.2, 0.25) is 0 Å². The number of rotatable bonds is 6. The maximum absolute atomic E-state index is 9.63. The van der Waals surface area contributed by atoms with E-state index >= 15 is 0 Å². The monoisotopic (exact) mass is 506 g/mol. The van der Waals surface area contributed by atoms with Crippen LogP contribution in [0.5, 0.6) is 0 Å². The number of carbonyl (C=O) groups excluding carboxylic acids is 4. The van der Waals surface area contributed by atoms with Crippen LogP contribution in [0.25, 0.3) is 0 Å². The molecule has 0 fully saturated rings. The van der Waals surface area contributed by atoms with Crippen molar-refractivity contribution in [3.8, 4) is 0 Å². The molecule has 0 radical (unpaired) electrons. The average molecular weight is 507 g/mol. The largest absolute Gasteiger partial charge is 1.00 e. The molecule has 0 rings (SSSR count). The Morgan fingerprint density at radius 1 is 0.444 bits per heavy atom. The molecule has 0 aromatic heterocycles. The summed E-state index contributed by atoms with van der Waals surface area (Å²) in [6, 6.07) is 0. The van der Waals surface area contributed by atoms with Gasteiger partial charge in [0.05, 0.1) is 23.9 Å². The summed E-state index contributed by atoms with van der Waals surface area (Å²) >= 11 is 0. The normalized spacial score (nSPS) is 11.7. The predicted molar refractivity (Wildman–Crippen MR) is 54.9 cm³/mol. The number of hydrogen-bond donors (Lipinski definition) is 4. The summed E-state index contributed by atoms with van der Waals surface area (Å²) < 4.78 is 0. The van der Waals surface area contributed by atoms with E-state index in [2.05, 4.69) is 0 Å².